The molecule has 0 saturated carbocycles. The lowest BCUT2D eigenvalue weighted by Crippen LogP contribution is -2.15. The van der Waals surface area contributed by atoms with Crippen molar-refractivity contribution in [1.29, 1.82) is 0 Å². The van der Waals surface area contributed by atoms with E-state index in [0.717, 1.165) is 5.56 Å². The summed E-state index contributed by atoms with van der Waals surface area (Å²) in [5.74, 6) is -0.397. The highest BCUT2D eigenvalue weighted by Crippen LogP contribution is 2.22. The van der Waals surface area contributed by atoms with Gasteiger partial charge in [0.1, 0.15) is 11.6 Å². The summed E-state index contributed by atoms with van der Waals surface area (Å²) in [4.78, 5) is 12.2. The van der Waals surface area contributed by atoms with Gasteiger partial charge < -0.3 is 10.1 Å². The Hall–Kier alpha value is -2.38. The molecule has 1 aromatic heterocycles. The summed E-state index contributed by atoms with van der Waals surface area (Å²) in [5.41, 5.74) is 1.14. The molecule has 0 fully saturated rings. The Kier molecular flexibility index (Phi) is 5.58. The van der Waals surface area contributed by atoms with E-state index >= 15 is 0 Å². The Balaban J connectivity index is 1.63. The summed E-state index contributed by atoms with van der Waals surface area (Å²) in [5, 5.41) is 7.28. The molecule has 26 heavy (non-hydrogen) atoms. The van der Waals surface area contributed by atoms with Gasteiger partial charge in [-0.05, 0) is 55.0 Å². The van der Waals surface area contributed by atoms with Crippen LogP contribution in [0.3, 0.4) is 0 Å². The van der Waals surface area contributed by atoms with Crippen molar-refractivity contribution < 1.29 is 13.9 Å². The minimum atomic E-state index is -0.534. The fourth-order valence-corrected chi connectivity index (χ4v) is 2.63. The molecule has 8 heteroatoms. The van der Waals surface area contributed by atoms with Crippen LogP contribution in [0.5, 0.6) is 5.75 Å². The van der Waals surface area contributed by atoms with Gasteiger partial charge in [-0.2, -0.15) is 5.10 Å². The quantitative estimate of drug-likeness (QED) is 0.607. The number of carbonyl (C=O) groups is 1. The molecule has 0 saturated heterocycles. The van der Waals surface area contributed by atoms with Gasteiger partial charge in [0.25, 0.3) is 5.91 Å². The molecular formula is C18H14BrClFN3O2. The van der Waals surface area contributed by atoms with Gasteiger partial charge in [0.15, 0.2) is 12.4 Å². The number of benzene rings is 2. The smallest absolute Gasteiger partial charge is 0.276 e. The molecule has 2 aromatic carbocycles. The van der Waals surface area contributed by atoms with Gasteiger partial charge >= 0.3 is 0 Å². The number of hydrogen-bond acceptors (Lipinski definition) is 3. The first-order valence-corrected chi connectivity index (χ1v) is 8.78. The summed E-state index contributed by atoms with van der Waals surface area (Å²) < 4.78 is 21.5. The van der Waals surface area contributed by atoms with Crippen molar-refractivity contribution in [3.63, 3.8) is 0 Å². The molecule has 0 spiro atoms. The molecule has 1 amide bonds. The predicted octanol–water partition coefficient (Wildman–Crippen LogP) is 5.04. The second kappa shape index (κ2) is 7.88. The van der Waals surface area contributed by atoms with Gasteiger partial charge in [0, 0.05) is 15.7 Å². The van der Waals surface area contributed by atoms with Crippen LogP contribution in [-0.2, 0) is 6.73 Å². The first-order chi connectivity index (χ1) is 12.4. The predicted molar refractivity (Wildman–Crippen MR) is 101 cm³/mol. The molecule has 134 valence electrons. The van der Waals surface area contributed by atoms with Crippen LogP contribution in [0.2, 0.25) is 5.02 Å². The highest BCUT2D eigenvalue weighted by molar-refractivity contribution is 9.10. The molecule has 0 radical (unpaired) electrons. The third-order valence-electron chi connectivity index (χ3n) is 3.55. The van der Waals surface area contributed by atoms with Crippen molar-refractivity contribution in [3.8, 4) is 5.75 Å². The van der Waals surface area contributed by atoms with Crippen molar-refractivity contribution in [2.75, 3.05) is 5.32 Å². The van der Waals surface area contributed by atoms with Gasteiger partial charge in [-0.25, -0.2) is 9.07 Å². The van der Waals surface area contributed by atoms with Crippen molar-refractivity contribution >= 4 is 39.1 Å². The van der Waals surface area contributed by atoms with E-state index in [1.807, 2.05) is 13.0 Å². The van der Waals surface area contributed by atoms with E-state index < -0.39 is 11.7 Å². The summed E-state index contributed by atoms with van der Waals surface area (Å²) in [6.45, 7) is 2.01. The highest BCUT2D eigenvalue weighted by Gasteiger charge is 2.12. The molecule has 0 aliphatic rings. The first kappa shape index (κ1) is 18.4. The van der Waals surface area contributed by atoms with Crippen LogP contribution in [0.25, 0.3) is 0 Å². The molecule has 3 aromatic rings. The maximum Gasteiger partial charge on any atom is 0.276 e. The molecule has 0 aliphatic heterocycles. The van der Waals surface area contributed by atoms with Gasteiger partial charge in [-0.1, -0.05) is 27.5 Å². The molecule has 3 rings (SSSR count). The van der Waals surface area contributed by atoms with E-state index in [4.69, 9.17) is 16.3 Å². The number of rotatable bonds is 5. The van der Waals surface area contributed by atoms with Gasteiger partial charge in [0.2, 0.25) is 0 Å². The lowest BCUT2D eigenvalue weighted by molar-refractivity contribution is 0.101. The summed E-state index contributed by atoms with van der Waals surface area (Å²) in [6, 6.07) is 11.2. The summed E-state index contributed by atoms with van der Waals surface area (Å²) in [7, 11) is 0. The SMILES string of the molecule is Cc1cc(OCn2ccc(C(=O)Nc3ccc(Br)cc3F)n2)ccc1Cl. The largest absolute Gasteiger partial charge is 0.471 e. The first-order valence-electron chi connectivity index (χ1n) is 7.61. The van der Waals surface area contributed by atoms with Crippen LogP contribution in [0.4, 0.5) is 10.1 Å². The topological polar surface area (TPSA) is 56.1 Å². The van der Waals surface area contributed by atoms with E-state index in [1.54, 1.807) is 24.4 Å². The molecule has 0 aliphatic carbocycles. The lowest BCUT2D eigenvalue weighted by Gasteiger charge is -2.08. The minimum Gasteiger partial charge on any atom is -0.471 e. The van der Waals surface area contributed by atoms with Crippen molar-refractivity contribution in [2.24, 2.45) is 0 Å². The van der Waals surface area contributed by atoms with E-state index in [1.165, 1.54) is 22.9 Å². The molecule has 0 atom stereocenters. The van der Waals surface area contributed by atoms with Crippen molar-refractivity contribution in [1.82, 2.24) is 9.78 Å². The number of carbonyl (C=O) groups excluding carboxylic acids is 1. The lowest BCUT2D eigenvalue weighted by atomic mass is 10.2. The zero-order valence-electron chi connectivity index (χ0n) is 13.7. The Bertz CT molecular complexity index is 961. The zero-order valence-corrected chi connectivity index (χ0v) is 16.0. The molecule has 5 nitrogen and oxygen atoms in total. The third kappa shape index (κ3) is 4.42. The van der Waals surface area contributed by atoms with E-state index in [9.17, 15) is 9.18 Å². The number of anilines is 1. The van der Waals surface area contributed by atoms with Gasteiger partial charge in [-0.15, -0.1) is 0 Å². The number of aryl methyl sites for hydroxylation is 1. The second-order valence-electron chi connectivity index (χ2n) is 5.50. The number of nitrogens with zero attached hydrogens (tertiary/aromatic N) is 2. The second-order valence-corrected chi connectivity index (χ2v) is 6.83. The van der Waals surface area contributed by atoms with Crippen LogP contribution in [0.1, 0.15) is 16.1 Å². The molecule has 0 bridgehead atoms. The van der Waals surface area contributed by atoms with Crippen LogP contribution < -0.4 is 10.1 Å². The van der Waals surface area contributed by atoms with Crippen LogP contribution in [0, 0.1) is 12.7 Å². The Morgan fingerprint density at radius 2 is 2.12 bits per heavy atom. The standard InChI is InChI=1S/C18H14BrClFN3O2/c1-11-8-13(3-4-14(11)20)26-10-24-7-6-17(23-24)18(25)22-16-5-2-12(19)9-15(16)21/h2-9H,10H2,1H3,(H,22,25). The maximum atomic E-state index is 13.8. The molecular weight excluding hydrogens is 425 g/mol. The molecule has 1 N–H and O–H groups in total. The van der Waals surface area contributed by atoms with Crippen molar-refractivity contribution in [3.05, 3.63) is 75.2 Å². The van der Waals surface area contributed by atoms with Crippen LogP contribution in [0.15, 0.2) is 53.1 Å². The van der Waals surface area contributed by atoms with Gasteiger partial charge in [0.05, 0.1) is 5.69 Å². The molecule has 1 heterocycles. The highest BCUT2D eigenvalue weighted by atomic mass is 79.9. The number of nitrogens with one attached hydrogen (secondary N) is 1. The number of amides is 1. The monoisotopic (exact) mass is 437 g/mol. The maximum absolute atomic E-state index is 13.8. The third-order valence-corrected chi connectivity index (χ3v) is 4.46. The fourth-order valence-electron chi connectivity index (χ4n) is 2.18. The Labute approximate surface area is 162 Å². The van der Waals surface area contributed by atoms with Crippen LogP contribution >= 0.6 is 27.5 Å². The van der Waals surface area contributed by atoms with E-state index in [2.05, 4.69) is 26.3 Å². The fraction of sp³-hybridized carbons (Fsp3) is 0.111. The summed E-state index contributed by atoms with van der Waals surface area (Å²) in [6.07, 6.45) is 1.61. The van der Waals surface area contributed by atoms with E-state index in [-0.39, 0.29) is 18.1 Å². The zero-order chi connectivity index (χ0) is 18.7. The normalized spacial score (nSPS) is 10.6. The minimum absolute atomic E-state index is 0.0839. The van der Waals surface area contributed by atoms with E-state index in [0.29, 0.717) is 15.2 Å². The summed E-state index contributed by atoms with van der Waals surface area (Å²) >= 11 is 9.14. The van der Waals surface area contributed by atoms with Crippen molar-refractivity contribution in [2.45, 2.75) is 13.7 Å². The number of halogens is 3. The Morgan fingerprint density at radius 3 is 2.85 bits per heavy atom. The number of aromatic nitrogens is 2. The van der Waals surface area contributed by atoms with Crippen LogP contribution in [-0.4, -0.2) is 15.7 Å². The number of ether oxygens (including phenoxy) is 1. The number of hydrogen-bond donors (Lipinski definition) is 1. The average Bonchev–Trinajstić information content (AvgIpc) is 3.07. The molecule has 0 unspecified atom stereocenters. The average molecular weight is 439 g/mol. The van der Waals surface area contributed by atoms with Gasteiger partial charge in [-0.3, -0.25) is 4.79 Å². The Morgan fingerprint density at radius 1 is 1.31 bits per heavy atom.